The highest BCUT2D eigenvalue weighted by molar-refractivity contribution is 7.89. The Balaban J connectivity index is 1.75. The van der Waals surface area contributed by atoms with E-state index in [1.54, 1.807) is 18.2 Å². The number of carbonyl (C=O) groups excluding carboxylic acids is 1. The van der Waals surface area contributed by atoms with Crippen LogP contribution in [0, 0.1) is 0 Å². The molecular weight excluding hydrogens is 374 g/mol. The Morgan fingerprint density at radius 2 is 1.61 bits per heavy atom. The average molecular weight is 402 g/mol. The van der Waals surface area contributed by atoms with Crippen molar-refractivity contribution in [3.63, 3.8) is 0 Å². The molecule has 2 N–H and O–H groups in total. The maximum Gasteiger partial charge on any atom is 0.241 e. The van der Waals surface area contributed by atoms with Crippen molar-refractivity contribution in [2.45, 2.75) is 36.2 Å². The lowest BCUT2D eigenvalue weighted by Gasteiger charge is -2.30. The zero-order chi connectivity index (χ0) is 20.0. The van der Waals surface area contributed by atoms with Gasteiger partial charge in [0.2, 0.25) is 15.9 Å². The van der Waals surface area contributed by atoms with Gasteiger partial charge in [0.25, 0.3) is 0 Å². The lowest BCUT2D eigenvalue weighted by Crippen LogP contribution is -2.52. The molecule has 1 aliphatic rings. The SMILES string of the molecule is CN1CCC(NC(=O)C(Cc2ccccc2)NS(=O)(=O)c2ccccc2)CC1. The zero-order valence-corrected chi connectivity index (χ0v) is 16.9. The van der Waals surface area contributed by atoms with Gasteiger partial charge in [0.05, 0.1) is 4.90 Å². The predicted octanol–water partition coefficient (Wildman–Crippen LogP) is 1.79. The largest absolute Gasteiger partial charge is 0.352 e. The van der Waals surface area contributed by atoms with E-state index in [2.05, 4.69) is 22.0 Å². The average Bonchev–Trinajstić information content (AvgIpc) is 2.70. The molecule has 7 heteroatoms. The van der Waals surface area contributed by atoms with Crippen molar-refractivity contribution in [2.75, 3.05) is 20.1 Å². The highest BCUT2D eigenvalue weighted by atomic mass is 32.2. The van der Waals surface area contributed by atoms with E-state index in [4.69, 9.17) is 0 Å². The van der Waals surface area contributed by atoms with Gasteiger partial charge < -0.3 is 10.2 Å². The second kappa shape index (κ2) is 9.32. The van der Waals surface area contributed by atoms with E-state index in [1.165, 1.54) is 12.1 Å². The minimum Gasteiger partial charge on any atom is -0.352 e. The topological polar surface area (TPSA) is 78.5 Å². The molecule has 1 fully saturated rings. The number of hydrogen-bond acceptors (Lipinski definition) is 4. The van der Waals surface area contributed by atoms with Crippen LogP contribution in [0.5, 0.6) is 0 Å². The number of hydrogen-bond donors (Lipinski definition) is 2. The van der Waals surface area contributed by atoms with Crippen LogP contribution in [0.15, 0.2) is 65.6 Å². The summed E-state index contributed by atoms with van der Waals surface area (Å²) < 4.78 is 28.2. The monoisotopic (exact) mass is 401 g/mol. The Morgan fingerprint density at radius 3 is 2.21 bits per heavy atom. The van der Waals surface area contributed by atoms with Crippen molar-refractivity contribution in [2.24, 2.45) is 0 Å². The molecule has 0 spiro atoms. The predicted molar refractivity (Wildman–Crippen MR) is 109 cm³/mol. The quantitative estimate of drug-likeness (QED) is 0.741. The Kier molecular flexibility index (Phi) is 6.83. The number of piperidine rings is 1. The zero-order valence-electron chi connectivity index (χ0n) is 16.0. The third-order valence-electron chi connectivity index (χ3n) is 5.02. The summed E-state index contributed by atoms with van der Waals surface area (Å²) in [4.78, 5) is 15.3. The van der Waals surface area contributed by atoms with Crippen molar-refractivity contribution in [1.82, 2.24) is 14.9 Å². The third-order valence-corrected chi connectivity index (χ3v) is 6.50. The fraction of sp³-hybridized carbons (Fsp3) is 0.381. The van der Waals surface area contributed by atoms with Crippen LogP contribution in [0.3, 0.4) is 0 Å². The first-order chi connectivity index (χ1) is 13.4. The normalized spacial score (nSPS) is 17.2. The van der Waals surface area contributed by atoms with Gasteiger partial charge in [-0.1, -0.05) is 48.5 Å². The van der Waals surface area contributed by atoms with Gasteiger partial charge in [-0.15, -0.1) is 0 Å². The summed E-state index contributed by atoms with van der Waals surface area (Å²) in [6, 6.07) is 16.8. The van der Waals surface area contributed by atoms with Crippen LogP contribution < -0.4 is 10.0 Å². The lowest BCUT2D eigenvalue weighted by molar-refractivity contribution is -0.123. The van der Waals surface area contributed by atoms with Gasteiger partial charge in [-0.25, -0.2) is 8.42 Å². The number of sulfonamides is 1. The number of nitrogens with zero attached hydrogens (tertiary/aromatic N) is 1. The first kappa shape index (κ1) is 20.5. The minimum absolute atomic E-state index is 0.0724. The smallest absolute Gasteiger partial charge is 0.241 e. The van der Waals surface area contributed by atoms with E-state index in [9.17, 15) is 13.2 Å². The van der Waals surface area contributed by atoms with E-state index in [0.29, 0.717) is 6.42 Å². The van der Waals surface area contributed by atoms with Gasteiger partial charge in [0, 0.05) is 6.04 Å². The molecule has 150 valence electrons. The van der Waals surface area contributed by atoms with Gasteiger partial charge in [-0.3, -0.25) is 4.79 Å². The molecule has 2 aromatic rings. The molecule has 0 radical (unpaired) electrons. The molecule has 0 bridgehead atoms. The summed E-state index contributed by atoms with van der Waals surface area (Å²) in [7, 11) is -1.73. The molecule has 1 heterocycles. The standard InChI is InChI=1S/C21H27N3O3S/c1-24-14-12-18(13-15-24)22-21(25)20(16-17-8-4-2-5-9-17)23-28(26,27)19-10-6-3-7-11-19/h2-11,18,20,23H,12-16H2,1H3,(H,22,25). The number of benzene rings is 2. The molecule has 1 saturated heterocycles. The number of rotatable bonds is 7. The number of nitrogens with one attached hydrogen (secondary N) is 2. The molecule has 28 heavy (non-hydrogen) atoms. The van der Waals surface area contributed by atoms with E-state index in [-0.39, 0.29) is 16.8 Å². The summed E-state index contributed by atoms with van der Waals surface area (Å²) in [5.74, 6) is -0.280. The molecule has 0 saturated carbocycles. The van der Waals surface area contributed by atoms with Crippen LogP contribution in [0.2, 0.25) is 0 Å². The van der Waals surface area contributed by atoms with Crippen molar-refractivity contribution >= 4 is 15.9 Å². The summed E-state index contributed by atoms with van der Waals surface area (Å²) >= 11 is 0. The Hall–Kier alpha value is -2.22. The summed E-state index contributed by atoms with van der Waals surface area (Å²) in [6.07, 6.45) is 2.03. The van der Waals surface area contributed by atoms with Crippen molar-refractivity contribution in [1.29, 1.82) is 0 Å². The summed E-state index contributed by atoms with van der Waals surface area (Å²) in [6.45, 7) is 1.84. The molecular formula is C21H27N3O3S. The van der Waals surface area contributed by atoms with Crippen LogP contribution in [0.25, 0.3) is 0 Å². The summed E-state index contributed by atoms with van der Waals surface area (Å²) in [5.41, 5.74) is 0.904. The lowest BCUT2D eigenvalue weighted by atomic mass is 10.0. The highest BCUT2D eigenvalue weighted by Gasteiger charge is 2.28. The van der Waals surface area contributed by atoms with Crippen LogP contribution in [-0.4, -0.2) is 51.4 Å². The van der Waals surface area contributed by atoms with E-state index < -0.39 is 16.1 Å². The molecule has 0 aliphatic carbocycles. The van der Waals surface area contributed by atoms with E-state index >= 15 is 0 Å². The molecule has 1 aliphatic heterocycles. The molecule has 3 rings (SSSR count). The van der Waals surface area contributed by atoms with Crippen molar-refractivity contribution in [3.05, 3.63) is 66.2 Å². The fourth-order valence-corrected chi connectivity index (χ4v) is 4.56. The van der Waals surface area contributed by atoms with Crippen LogP contribution in [0.1, 0.15) is 18.4 Å². The Labute approximate surface area is 167 Å². The molecule has 6 nitrogen and oxygen atoms in total. The second-order valence-corrected chi connectivity index (χ2v) is 8.98. The number of carbonyl (C=O) groups is 1. The molecule has 2 aromatic carbocycles. The van der Waals surface area contributed by atoms with Gasteiger partial charge in [-0.2, -0.15) is 4.72 Å². The van der Waals surface area contributed by atoms with E-state index in [0.717, 1.165) is 31.5 Å². The maximum absolute atomic E-state index is 13.0. The first-order valence-electron chi connectivity index (χ1n) is 9.54. The molecule has 1 amide bonds. The minimum atomic E-state index is -3.79. The second-order valence-electron chi connectivity index (χ2n) is 7.26. The van der Waals surface area contributed by atoms with Crippen LogP contribution in [-0.2, 0) is 21.2 Å². The Morgan fingerprint density at radius 1 is 1.04 bits per heavy atom. The molecule has 1 unspecified atom stereocenters. The van der Waals surface area contributed by atoms with Gasteiger partial charge in [-0.05, 0) is 57.1 Å². The number of likely N-dealkylation sites (tertiary alicyclic amines) is 1. The van der Waals surface area contributed by atoms with Crippen molar-refractivity contribution < 1.29 is 13.2 Å². The first-order valence-corrected chi connectivity index (χ1v) is 11.0. The van der Waals surface area contributed by atoms with Gasteiger partial charge >= 0.3 is 0 Å². The van der Waals surface area contributed by atoms with E-state index in [1.807, 2.05) is 30.3 Å². The summed E-state index contributed by atoms with van der Waals surface area (Å²) in [5, 5.41) is 3.04. The maximum atomic E-state index is 13.0. The number of amides is 1. The van der Waals surface area contributed by atoms with Crippen LogP contribution in [0.4, 0.5) is 0 Å². The highest BCUT2D eigenvalue weighted by Crippen LogP contribution is 2.13. The molecule has 0 aromatic heterocycles. The fourth-order valence-electron chi connectivity index (χ4n) is 3.35. The molecule has 1 atom stereocenters. The van der Waals surface area contributed by atoms with Gasteiger partial charge in [0.15, 0.2) is 0 Å². The Bertz CT molecular complexity index is 864. The third kappa shape index (κ3) is 5.64. The van der Waals surface area contributed by atoms with Gasteiger partial charge in [0.1, 0.15) is 6.04 Å². The van der Waals surface area contributed by atoms with Crippen LogP contribution >= 0.6 is 0 Å². The van der Waals surface area contributed by atoms with Crippen molar-refractivity contribution in [3.8, 4) is 0 Å².